The maximum Gasteiger partial charge on any atom is 0.306 e. The summed E-state index contributed by atoms with van der Waals surface area (Å²) in [5.74, 6) is -0.852. The quantitative estimate of drug-likeness (QED) is 0.0195. The van der Waals surface area contributed by atoms with Crippen molar-refractivity contribution in [3.8, 4) is 0 Å². The van der Waals surface area contributed by atoms with Gasteiger partial charge in [-0.15, -0.1) is 0 Å². The van der Waals surface area contributed by atoms with Crippen LogP contribution in [-0.2, 0) is 32.7 Å². The summed E-state index contributed by atoms with van der Waals surface area (Å²) >= 11 is 0. The van der Waals surface area contributed by atoms with Gasteiger partial charge in [-0.2, -0.15) is 0 Å². The molecule has 0 saturated carbocycles. The highest BCUT2D eigenvalue weighted by Gasteiger charge is 2.22. The summed E-state index contributed by atoms with van der Waals surface area (Å²) in [7, 11) is 1.14. The van der Waals surface area contributed by atoms with Gasteiger partial charge in [0, 0.05) is 12.8 Å². The summed E-state index contributed by atoms with van der Waals surface area (Å²) < 4.78 is 34.4. The van der Waals surface area contributed by atoms with Crippen molar-refractivity contribution >= 4 is 19.8 Å². The lowest BCUT2D eigenvalue weighted by Gasteiger charge is -2.28. The lowest BCUT2D eigenvalue weighted by Crippen LogP contribution is -2.37. The van der Waals surface area contributed by atoms with Crippen LogP contribution in [0.15, 0.2) is 231 Å². The Morgan fingerprint density at radius 2 is 0.519 bits per heavy atom. The van der Waals surface area contributed by atoms with E-state index in [9.17, 15) is 19.0 Å². The fraction of sp³-hybridized carbons (Fsp3) is 0.574. The molecule has 104 heavy (non-hydrogen) atoms. The van der Waals surface area contributed by atoms with Crippen molar-refractivity contribution in [3.05, 3.63) is 231 Å². The maximum atomic E-state index is 12.9. The highest BCUT2D eigenvalue weighted by Crippen LogP contribution is 2.38. The molecule has 584 valence electrons. The zero-order valence-corrected chi connectivity index (χ0v) is 67.5. The van der Waals surface area contributed by atoms with Gasteiger partial charge >= 0.3 is 11.9 Å². The van der Waals surface area contributed by atoms with Crippen molar-refractivity contribution in [2.24, 2.45) is 0 Å². The topological polar surface area (TPSA) is 111 Å². The minimum atomic E-state index is -4.66. The van der Waals surface area contributed by atoms with Crippen molar-refractivity contribution in [1.82, 2.24) is 0 Å². The number of quaternary nitrogens is 1. The average Bonchev–Trinajstić information content (AvgIpc) is 0.920. The molecule has 0 aliphatic heterocycles. The zero-order valence-electron chi connectivity index (χ0n) is 66.6. The molecule has 0 bridgehead atoms. The van der Waals surface area contributed by atoms with Gasteiger partial charge in [0.25, 0.3) is 7.82 Å². The molecule has 0 aromatic rings. The second kappa shape index (κ2) is 81.2. The maximum absolute atomic E-state index is 12.9. The second-order valence-corrected chi connectivity index (χ2v) is 29.1. The van der Waals surface area contributed by atoms with Crippen LogP contribution < -0.4 is 4.89 Å². The summed E-state index contributed by atoms with van der Waals surface area (Å²) in [5.41, 5.74) is 0. The molecule has 2 unspecified atom stereocenters. The number of rotatable bonds is 73. The second-order valence-electron chi connectivity index (χ2n) is 27.7. The molecular weight excluding hydrogens is 1300 g/mol. The first kappa shape index (κ1) is 98.1. The molecule has 0 spiro atoms. The van der Waals surface area contributed by atoms with Crippen molar-refractivity contribution in [2.75, 3.05) is 47.5 Å². The molecule has 0 aliphatic carbocycles. The predicted octanol–water partition coefficient (Wildman–Crippen LogP) is 27.4. The van der Waals surface area contributed by atoms with Gasteiger partial charge in [0.15, 0.2) is 6.10 Å². The van der Waals surface area contributed by atoms with Crippen molar-refractivity contribution in [3.63, 3.8) is 0 Å². The molecular formula is C94H150NO8P. The van der Waals surface area contributed by atoms with Crippen molar-refractivity contribution < 1.29 is 42.1 Å². The van der Waals surface area contributed by atoms with Crippen LogP contribution in [0.5, 0.6) is 0 Å². The number of hydrogen-bond acceptors (Lipinski definition) is 8. The number of esters is 2. The molecule has 0 aliphatic rings. The first-order valence-corrected chi connectivity index (χ1v) is 42.6. The molecule has 0 amide bonds. The normalized spacial score (nSPS) is 14.2. The number of phosphoric ester groups is 1. The van der Waals surface area contributed by atoms with Crippen LogP contribution in [0.2, 0.25) is 0 Å². The molecule has 0 rings (SSSR count). The zero-order chi connectivity index (χ0) is 75.4. The van der Waals surface area contributed by atoms with Crippen molar-refractivity contribution in [1.29, 1.82) is 0 Å². The van der Waals surface area contributed by atoms with Gasteiger partial charge in [0.05, 0.1) is 27.7 Å². The van der Waals surface area contributed by atoms with E-state index in [1.807, 2.05) is 21.1 Å². The van der Waals surface area contributed by atoms with Gasteiger partial charge in [-0.25, -0.2) is 0 Å². The van der Waals surface area contributed by atoms with Crippen molar-refractivity contribution in [2.45, 2.75) is 302 Å². The fourth-order valence-electron chi connectivity index (χ4n) is 10.5. The Morgan fingerprint density at radius 3 is 0.769 bits per heavy atom. The predicted molar refractivity (Wildman–Crippen MR) is 451 cm³/mol. The molecule has 0 fully saturated rings. The van der Waals surface area contributed by atoms with Crippen LogP contribution in [0.4, 0.5) is 0 Å². The van der Waals surface area contributed by atoms with E-state index in [0.29, 0.717) is 23.9 Å². The van der Waals surface area contributed by atoms with Gasteiger partial charge in [-0.1, -0.05) is 354 Å². The summed E-state index contributed by atoms with van der Waals surface area (Å²) in [5, 5.41) is 0. The largest absolute Gasteiger partial charge is 0.756 e. The molecule has 0 saturated heterocycles. The van der Waals surface area contributed by atoms with E-state index in [2.05, 4.69) is 245 Å². The number of nitrogens with zero attached hydrogens (tertiary/aromatic N) is 1. The Balaban J connectivity index is 4.08. The van der Waals surface area contributed by atoms with Gasteiger partial charge in [-0.05, 0) is 161 Å². The molecule has 0 N–H and O–H groups in total. The SMILES string of the molecule is CC/C=C\C/C=C\C/C=C\C/C=C\C/C=C\C/C=C\C/C=C\C/C=C\C/C=C\C/C=C\CCCCCCCCCCCCC(=O)OC(COC(=O)CCCCCCCCCCCCC/C=C\C/C=C\C/C=C\C/C=C\C/C=C\C/C=C\C/C=C\C/C=C\C/C=C\CC)COP(=O)([O-])OCC[N+](C)(C)C. The Morgan fingerprint density at radius 1 is 0.298 bits per heavy atom. The van der Waals surface area contributed by atoms with Crippen LogP contribution in [0.25, 0.3) is 0 Å². The Bertz CT molecular complexity index is 2620. The minimum Gasteiger partial charge on any atom is -0.756 e. The van der Waals surface area contributed by atoms with Gasteiger partial charge in [0.2, 0.25) is 0 Å². The third-order valence-electron chi connectivity index (χ3n) is 16.7. The Labute approximate surface area is 639 Å². The molecule has 0 radical (unpaired) electrons. The van der Waals surface area contributed by atoms with Crippen LogP contribution in [-0.4, -0.2) is 70.0 Å². The number of hydrogen-bond donors (Lipinski definition) is 0. The van der Waals surface area contributed by atoms with Crippen LogP contribution in [0.3, 0.4) is 0 Å². The number of unbranched alkanes of at least 4 members (excludes halogenated alkanes) is 21. The standard InChI is InChI=1S/C94H150NO8P/c1-6-8-10-12-14-16-18-20-22-24-26-28-30-32-34-36-38-40-42-44-46-47-49-51-53-55-57-59-61-63-65-67-69-71-73-75-77-79-81-83-85-87-94(97)103-92(91-102-104(98,99)101-89-88-95(3,4)5)90-100-93(96)86-84-82-80-78-76-74-72-70-68-66-64-62-60-58-56-54-52-50-48-45-43-41-39-37-35-33-31-29-27-25-23-21-19-17-15-13-11-9-7-2/h8-11,14-17,20-23,26-29,32-35,38-41,44-46,48-49,51-52,54-55,57-58,60-61,63,92H,6-7,12-13,18-19,24-25,30-31,36-37,42-43,47,50,53,56,59,62,64-91H2,1-5H3/b10-8-,11-9-,16-14-,17-15-,22-20-,23-21-,28-26-,29-27-,34-32-,35-33-,40-38-,41-39-,46-44-,48-45-,51-49-,54-52-,57-55-,60-58-,63-61-. The van der Waals surface area contributed by atoms with Gasteiger partial charge in [0.1, 0.15) is 19.8 Å². The monoisotopic (exact) mass is 1450 g/mol. The number of carbonyl (C=O) groups excluding carboxylic acids is 2. The summed E-state index contributed by atoms with van der Waals surface area (Å²) in [6, 6.07) is 0. The average molecular weight is 1450 g/mol. The summed E-state index contributed by atoms with van der Waals surface area (Å²) in [6.45, 7) is 3.99. The third kappa shape index (κ3) is 85.0. The van der Waals surface area contributed by atoms with Crippen LogP contribution in [0.1, 0.15) is 296 Å². The van der Waals surface area contributed by atoms with E-state index in [1.165, 1.54) is 83.5 Å². The molecule has 0 aromatic heterocycles. The summed E-state index contributed by atoms with van der Waals surface area (Å²) in [6.07, 6.45) is 130. The number of ether oxygens (including phenoxy) is 2. The van der Waals surface area contributed by atoms with E-state index in [-0.39, 0.29) is 26.1 Å². The first-order valence-electron chi connectivity index (χ1n) is 41.1. The van der Waals surface area contributed by atoms with Crippen LogP contribution >= 0.6 is 7.82 Å². The van der Waals surface area contributed by atoms with Gasteiger partial charge < -0.3 is 27.9 Å². The molecule has 0 aromatic carbocycles. The summed E-state index contributed by atoms with van der Waals surface area (Å²) in [4.78, 5) is 38.2. The smallest absolute Gasteiger partial charge is 0.306 e. The number of phosphoric acid groups is 1. The highest BCUT2D eigenvalue weighted by molar-refractivity contribution is 7.45. The van der Waals surface area contributed by atoms with E-state index in [4.69, 9.17) is 18.5 Å². The number of carbonyl (C=O) groups is 2. The Hall–Kier alpha value is -5.93. The minimum absolute atomic E-state index is 0.0428. The third-order valence-corrected chi connectivity index (χ3v) is 17.6. The number of allylic oxidation sites excluding steroid dienone is 38. The van der Waals surface area contributed by atoms with E-state index in [0.717, 1.165) is 173 Å². The molecule has 2 atom stereocenters. The molecule has 9 nitrogen and oxygen atoms in total. The first-order chi connectivity index (χ1) is 51.0. The molecule has 10 heteroatoms. The fourth-order valence-corrected chi connectivity index (χ4v) is 11.2. The Kier molecular flexibility index (Phi) is 76.5. The molecule has 0 heterocycles. The van der Waals surface area contributed by atoms with E-state index in [1.54, 1.807) is 0 Å². The number of likely N-dealkylation sites (N-methyl/N-ethyl adjacent to an activating group) is 1. The van der Waals surface area contributed by atoms with Crippen LogP contribution in [0, 0.1) is 0 Å². The van der Waals surface area contributed by atoms with E-state index >= 15 is 0 Å². The van der Waals surface area contributed by atoms with E-state index < -0.39 is 32.5 Å². The highest BCUT2D eigenvalue weighted by atomic mass is 31.2. The van der Waals surface area contributed by atoms with Gasteiger partial charge in [-0.3, -0.25) is 14.2 Å². The lowest BCUT2D eigenvalue weighted by atomic mass is 10.0. The lowest BCUT2D eigenvalue weighted by molar-refractivity contribution is -0.870.